The summed E-state index contributed by atoms with van der Waals surface area (Å²) >= 11 is 7.09. The number of carbonyl (C=O) groups is 1. The van der Waals surface area contributed by atoms with Crippen LogP contribution in [0.4, 0.5) is 5.69 Å². The predicted molar refractivity (Wildman–Crippen MR) is 88.5 cm³/mol. The number of benzene rings is 1. The van der Waals surface area contributed by atoms with E-state index in [4.69, 9.17) is 16.3 Å². The number of ether oxygens (including phenoxy) is 1. The molecule has 0 bridgehead atoms. The number of halogens is 1. The number of carbonyl (C=O) groups excluding carboxylic acids is 1. The zero-order chi connectivity index (χ0) is 17.7. The first kappa shape index (κ1) is 18.2. The first-order valence-corrected chi connectivity index (χ1v) is 8.33. The number of nitrogens with one attached hydrogen (secondary N) is 1. The Balaban J connectivity index is 2.31. The van der Waals surface area contributed by atoms with Crippen LogP contribution in [0.3, 0.4) is 0 Å². The first-order chi connectivity index (χ1) is 11.4. The molecule has 0 aliphatic heterocycles. The highest BCUT2D eigenvalue weighted by atomic mass is 35.5. The summed E-state index contributed by atoms with van der Waals surface area (Å²) in [6.07, 6.45) is 1.60. The maximum absolute atomic E-state index is 12.0. The van der Waals surface area contributed by atoms with Crippen LogP contribution in [0.15, 0.2) is 22.2 Å². The Morgan fingerprint density at radius 3 is 2.83 bits per heavy atom. The fraction of sp³-hybridized carbons (Fsp3) is 0.357. The number of aromatic nitrogens is 3. The van der Waals surface area contributed by atoms with Crippen LogP contribution in [-0.2, 0) is 4.74 Å². The lowest BCUT2D eigenvalue weighted by Crippen LogP contribution is -2.07. The second-order valence-corrected chi connectivity index (χ2v) is 6.24. The average molecular weight is 371 g/mol. The topological polar surface area (TPSA) is 111 Å². The second kappa shape index (κ2) is 8.11. The normalized spacial score (nSPS) is 10.6. The minimum absolute atomic E-state index is 0.0401. The zero-order valence-corrected chi connectivity index (χ0v) is 14.6. The number of nitro groups is 1. The van der Waals surface area contributed by atoms with Gasteiger partial charge in [-0.15, -0.1) is 5.10 Å². The van der Waals surface area contributed by atoms with Gasteiger partial charge >= 0.3 is 5.97 Å². The Kier molecular flexibility index (Phi) is 6.16. The number of aromatic amines is 1. The number of esters is 1. The van der Waals surface area contributed by atoms with Crippen LogP contribution in [0.2, 0.25) is 5.02 Å². The monoisotopic (exact) mass is 370 g/mol. The largest absolute Gasteiger partial charge is 0.462 e. The Morgan fingerprint density at radius 1 is 1.50 bits per heavy atom. The van der Waals surface area contributed by atoms with Gasteiger partial charge in [0, 0.05) is 6.07 Å². The minimum Gasteiger partial charge on any atom is -0.462 e. The van der Waals surface area contributed by atoms with Crippen LogP contribution in [0.5, 0.6) is 0 Å². The number of hydrogen-bond acceptors (Lipinski definition) is 7. The highest BCUT2D eigenvalue weighted by Gasteiger charge is 2.24. The smallest absolute Gasteiger partial charge is 0.338 e. The van der Waals surface area contributed by atoms with Crippen molar-refractivity contribution < 1.29 is 14.5 Å². The third-order valence-electron chi connectivity index (χ3n) is 2.96. The molecule has 8 nitrogen and oxygen atoms in total. The van der Waals surface area contributed by atoms with Gasteiger partial charge in [-0.25, -0.2) is 9.78 Å². The van der Waals surface area contributed by atoms with Gasteiger partial charge in [0.25, 0.3) is 5.69 Å². The van der Waals surface area contributed by atoms with Crippen LogP contribution in [0.25, 0.3) is 0 Å². The summed E-state index contributed by atoms with van der Waals surface area (Å²) in [5.41, 5.74) is -0.254. The maximum Gasteiger partial charge on any atom is 0.338 e. The number of unbranched alkanes of at least 4 members (excludes halogenated alkanes) is 1. The van der Waals surface area contributed by atoms with E-state index >= 15 is 0 Å². The van der Waals surface area contributed by atoms with E-state index in [0.717, 1.165) is 30.7 Å². The summed E-state index contributed by atoms with van der Waals surface area (Å²) in [5, 5.41) is 18.3. The number of H-pyrrole nitrogens is 1. The summed E-state index contributed by atoms with van der Waals surface area (Å²) in [5.74, 6) is -0.0638. The SMILES string of the molecule is CCCCOC(=O)c1cc(Cl)c(Sc2n[nH]c(C)n2)c([N+](=O)[O-])c1. The summed E-state index contributed by atoms with van der Waals surface area (Å²) in [4.78, 5) is 27.0. The summed E-state index contributed by atoms with van der Waals surface area (Å²) in [6, 6.07) is 2.51. The fourth-order valence-electron chi connectivity index (χ4n) is 1.79. The van der Waals surface area contributed by atoms with E-state index in [2.05, 4.69) is 15.2 Å². The first-order valence-electron chi connectivity index (χ1n) is 7.14. The van der Waals surface area contributed by atoms with Gasteiger partial charge in [0.1, 0.15) is 10.7 Å². The molecule has 2 rings (SSSR count). The Hall–Kier alpha value is -2.13. The zero-order valence-electron chi connectivity index (χ0n) is 13.0. The summed E-state index contributed by atoms with van der Waals surface area (Å²) in [6.45, 7) is 3.93. The molecular formula is C14H15ClN4O4S. The number of nitro benzene ring substituents is 1. The predicted octanol–water partition coefficient (Wildman–Crippen LogP) is 3.78. The average Bonchev–Trinajstić information content (AvgIpc) is 2.94. The van der Waals surface area contributed by atoms with Gasteiger partial charge in [-0.1, -0.05) is 24.9 Å². The van der Waals surface area contributed by atoms with Crippen LogP contribution in [0, 0.1) is 17.0 Å². The van der Waals surface area contributed by atoms with E-state index in [0.29, 0.717) is 11.0 Å². The van der Waals surface area contributed by atoms with Crippen molar-refractivity contribution >= 4 is 35.0 Å². The molecule has 10 heteroatoms. The number of hydrogen-bond donors (Lipinski definition) is 1. The van der Waals surface area contributed by atoms with Gasteiger partial charge in [0.2, 0.25) is 5.16 Å². The molecule has 1 aromatic carbocycles. The van der Waals surface area contributed by atoms with Crippen LogP contribution in [-0.4, -0.2) is 32.7 Å². The number of aryl methyl sites for hydroxylation is 1. The van der Waals surface area contributed by atoms with E-state index in [1.807, 2.05) is 6.92 Å². The molecule has 0 saturated heterocycles. The minimum atomic E-state index is -0.640. The Bertz CT molecular complexity index is 765. The molecule has 1 heterocycles. The molecule has 0 unspecified atom stereocenters. The maximum atomic E-state index is 12.0. The third-order valence-corrected chi connectivity index (χ3v) is 4.37. The molecule has 128 valence electrons. The lowest BCUT2D eigenvalue weighted by Gasteiger charge is -2.07. The molecule has 0 amide bonds. The Labute approximate surface area is 147 Å². The molecule has 0 aliphatic carbocycles. The van der Waals surface area contributed by atoms with Crippen molar-refractivity contribution in [1.82, 2.24) is 15.2 Å². The Morgan fingerprint density at radius 2 is 2.25 bits per heavy atom. The highest BCUT2D eigenvalue weighted by Crippen LogP contribution is 2.39. The molecule has 24 heavy (non-hydrogen) atoms. The van der Waals surface area contributed by atoms with E-state index in [-0.39, 0.29) is 27.8 Å². The van der Waals surface area contributed by atoms with Gasteiger partial charge in [0.05, 0.1) is 22.1 Å². The fourth-order valence-corrected chi connectivity index (χ4v) is 2.97. The van der Waals surface area contributed by atoms with Crippen molar-refractivity contribution in [3.8, 4) is 0 Å². The van der Waals surface area contributed by atoms with Crippen LogP contribution >= 0.6 is 23.4 Å². The standard InChI is InChI=1S/C14H15ClN4O4S/c1-3-4-5-23-13(20)9-6-10(15)12(11(7-9)19(21)22)24-14-16-8(2)17-18-14/h6-7H,3-5H2,1-2H3,(H,16,17,18). The molecular weight excluding hydrogens is 356 g/mol. The molecule has 0 aliphatic rings. The van der Waals surface area contributed by atoms with E-state index in [1.165, 1.54) is 6.07 Å². The van der Waals surface area contributed by atoms with Crippen molar-refractivity contribution in [2.75, 3.05) is 6.61 Å². The van der Waals surface area contributed by atoms with Gasteiger partial charge < -0.3 is 4.74 Å². The molecule has 0 saturated carbocycles. The highest BCUT2D eigenvalue weighted by molar-refractivity contribution is 7.99. The molecule has 0 radical (unpaired) electrons. The van der Waals surface area contributed by atoms with E-state index in [9.17, 15) is 14.9 Å². The molecule has 0 spiro atoms. The van der Waals surface area contributed by atoms with Crippen molar-refractivity contribution in [3.05, 3.63) is 38.7 Å². The number of rotatable bonds is 7. The summed E-state index contributed by atoms with van der Waals surface area (Å²) in [7, 11) is 0. The second-order valence-electron chi connectivity index (χ2n) is 4.86. The number of nitrogens with zero attached hydrogens (tertiary/aromatic N) is 3. The van der Waals surface area contributed by atoms with Gasteiger partial charge in [-0.2, -0.15) is 0 Å². The lowest BCUT2D eigenvalue weighted by atomic mass is 10.2. The quantitative estimate of drug-likeness (QED) is 0.341. The van der Waals surface area contributed by atoms with E-state index in [1.54, 1.807) is 6.92 Å². The van der Waals surface area contributed by atoms with Gasteiger partial charge in [-0.3, -0.25) is 15.2 Å². The molecule has 2 aromatic rings. The lowest BCUT2D eigenvalue weighted by molar-refractivity contribution is -0.387. The molecule has 1 N–H and O–H groups in total. The van der Waals surface area contributed by atoms with Crippen LogP contribution < -0.4 is 0 Å². The van der Waals surface area contributed by atoms with Gasteiger partial charge in [-0.05, 0) is 31.2 Å². The van der Waals surface area contributed by atoms with Crippen molar-refractivity contribution in [3.63, 3.8) is 0 Å². The molecule has 0 fully saturated rings. The van der Waals surface area contributed by atoms with Crippen molar-refractivity contribution in [1.29, 1.82) is 0 Å². The molecule has 1 aromatic heterocycles. The third kappa shape index (κ3) is 4.45. The van der Waals surface area contributed by atoms with Crippen molar-refractivity contribution in [2.24, 2.45) is 0 Å². The molecule has 0 atom stereocenters. The van der Waals surface area contributed by atoms with Gasteiger partial charge in [0.15, 0.2) is 0 Å². The van der Waals surface area contributed by atoms with Crippen LogP contribution in [0.1, 0.15) is 35.9 Å². The van der Waals surface area contributed by atoms with Crippen molar-refractivity contribution in [2.45, 2.75) is 36.7 Å². The summed E-state index contributed by atoms with van der Waals surface area (Å²) < 4.78 is 5.06. The van der Waals surface area contributed by atoms with E-state index < -0.39 is 10.9 Å².